The number of hydrogen-bond acceptors (Lipinski definition) is 8. The summed E-state index contributed by atoms with van der Waals surface area (Å²) in [5.41, 5.74) is 3.69. The minimum absolute atomic E-state index is 0.0897. The second-order valence-electron chi connectivity index (χ2n) is 9.10. The fourth-order valence-electron chi connectivity index (χ4n) is 5.16. The van der Waals surface area contributed by atoms with E-state index in [0.717, 1.165) is 19.3 Å². The second-order valence-corrected chi connectivity index (χ2v) is 9.10. The number of carboxylic acid groups (broad SMARTS) is 1. The van der Waals surface area contributed by atoms with Gasteiger partial charge in [0, 0.05) is 5.92 Å². The number of esters is 1. The smallest absolute Gasteiger partial charge is 0.450 e. The number of halogens is 1. The number of carbonyl (C=O) groups is 3. The first-order chi connectivity index (χ1) is 14.0. The van der Waals surface area contributed by atoms with Crippen LogP contribution < -0.4 is 5.73 Å². The molecule has 3 rings (SSSR count). The summed E-state index contributed by atoms with van der Waals surface area (Å²) < 4.78 is 33.8. The third-order valence-electron chi connectivity index (χ3n) is 6.78. The number of carbonyl (C=O) groups excluding carboxylic acids is 2. The van der Waals surface area contributed by atoms with E-state index in [1.54, 1.807) is 0 Å². The summed E-state index contributed by atoms with van der Waals surface area (Å²) in [5.74, 6) is -1.70. The summed E-state index contributed by atoms with van der Waals surface area (Å²) >= 11 is 0. The Kier molecular flexibility index (Phi) is 6.45. The molecule has 9 nitrogen and oxygen atoms in total. The van der Waals surface area contributed by atoms with Crippen LogP contribution in [0.1, 0.15) is 46.5 Å². The molecular formula is C20H30FNO8. The Hall–Kier alpha value is -2.10. The summed E-state index contributed by atoms with van der Waals surface area (Å²) in [4.78, 5) is 35.0. The van der Waals surface area contributed by atoms with Gasteiger partial charge in [-0.15, -0.1) is 0 Å². The molecule has 3 aliphatic rings. The van der Waals surface area contributed by atoms with E-state index in [4.69, 9.17) is 25.1 Å². The van der Waals surface area contributed by atoms with E-state index >= 15 is 0 Å². The Morgan fingerprint density at radius 3 is 2.53 bits per heavy atom. The van der Waals surface area contributed by atoms with Gasteiger partial charge >= 0.3 is 18.3 Å². The van der Waals surface area contributed by atoms with Crippen molar-refractivity contribution in [1.82, 2.24) is 0 Å². The normalized spacial score (nSPS) is 39.7. The molecule has 0 spiro atoms. The predicted molar refractivity (Wildman–Crippen MR) is 99.7 cm³/mol. The van der Waals surface area contributed by atoms with Crippen LogP contribution in [-0.4, -0.2) is 48.2 Å². The van der Waals surface area contributed by atoms with Gasteiger partial charge in [-0.05, 0) is 42.9 Å². The Morgan fingerprint density at radius 2 is 1.90 bits per heavy atom. The van der Waals surface area contributed by atoms with Crippen molar-refractivity contribution in [2.45, 2.75) is 64.5 Å². The first-order valence-corrected chi connectivity index (χ1v) is 10.4. The molecule has 0 saturated heterocycles. The number of rotatable bonds is 6. The lowest BCUT2D eigenvalue weighted by Gasteiger charge is -2.36. The fourth-order valence-corrected chi connectivity index (χ4v) is 5.16. The maximum atomic E-state index is 14.0. The zero-order chi connectivity index (χ0) is 22.2. The van der Waals surface area contributed by atoms with Gasteiger partial charge in [-0.1, -0.05) is 27.2 Å². The van der Waals surface area contributed by atoms with Crippen molar-refractivity contribution >= 4 is 18.3 Å². The first kappa shape index (κ1) is 22.6. The van der Waals surface area contributed by atoms with Crippen LogP contribution in [0.15, 0.2) is 0 Å². The van der Waals surface area contributed by atoms with Crippen LogP contribution in [0, 0.1) is 35.5 Å². The zero-order valence-electron chi connectivity index (χ0n) is 17.4. The Bertz CT molecular complexity index is 688. The van der Waals surface area contributed by atoms with E-state index in [2.05, 4.69) is 25.5 Å². The van der Waals surface area contributed by atoms with Crippen LogP contribution in [0.25, 0.3) is 0 Å². The van der Waals surface area contributed by atoms with Crippen molar-refractivity contribution in [3.8, 4) is 0 Å². The van der Waals surface area contributed by atoms with Crippen molar-refractivity contribution in [1.29, 1.82) is 0 Å². The Balaban J connectivity index is 1.44. The van der Waals surface area contributed by atoms with Gasteiger partial charge in [-0.25, -0.2) is 14.0 Å². The molecule has 0 unspecified atom stereocenters. The van der Waals surface area contributed by atoms with Crippen LogP contribution in [0.3, 0.4) is 0 Å². The average Bonchev–Trinajstić information content (AvgIpc) is 3.29. The summed E-state index contributed by atoms with van der Waals surface area (Å²) in [5, 5.41) is 8.77. The van der Waals surface area contributed by atoms with Crippen LogP contribution in [0.5, 0.6) is 0 Å². The fraction of sp³-hybridized carbons (Fsp3) is 0.850. The van der Waals surface area contributed by atoms with Crippen molar-refractivity contribution < 1.29 is 42.8 Å². The molecule has 0 aromatic rings. The van der Waals surface area contributed by atoms with Gasteiger partial charge < -0.3 is 24.1 Å². The first-order valence-electron chi connectivity index (χ1n) is 10.4. The lowest BCUT2D eigenvalue weighted by atomic mass is 9.75. The molecule has 3 fully saturated rings. The SMILES string of the molecule is CC(C)[C@@H]1CC[C@@H](C)C[C@H]1OC(=O)OCOC(=O)[C@H]1[C@@H]2C[C@H](F)[C@@](N)(OC(=O)O)[C@@H]21. The lowest BCUT2D eigenvalue weighted by molar-refractivity contribution is -0.159. The molecule has 0 aromatic heterocycles. The van der Waals surface area contributed by atoms with E-state index in [-0.39, 0.29) is 18.4 Å². The Labute approximate surface area is 174 Å². The largest absolute Gasteiger partial charge is 0.511 e. The molecule has 30 heavy (non-hydrogen) atoms. The van der Waals surface area contributed by atoms with E-state index in [1.165, 1.54) is 0 Å². The highest BCUT2D eigenvalue weighted by molar-refractivity contribution is 5.77. The monoisotopic (exact) mass is 431 g/mol. The average molecular weight is 431 g/mol. The van der Waals surface area contributed by atoms with Crippen molar-refractivity contribution in [3.63, 3.8) is 0 Å². The van der Waals surface area contributed by atoms with Crippen LogP contribution in [0.2, 0.25) is 0 Å². The topological polar surface area (TPSA) is 134 Å². The number of alkyl halides is 1. The van der Waals surface area contributed by atoms with E-state index in [1.807, 2.05) is 0 Å². The number of ether oxygens (including phenoxy) is 4. The summed E-state index contributed by atoms with van der Waals surface area (Å²) in [7, 11) is 0. The second kappa shape index (κ2) is 8.56. The summed E-state index contributed by atoms with van der Waals surface area (Å²) in [6.07, 6.45) is -1.81. The highest BCUT2D eigenvalue weighted by Crippen LogP contribution is 2.63. The molecule has 3 saturated carbocycles. The summed E-state index contributed by atoms with van der Waals surface area (Å²) in [6.45, 7) is 5.65. The van der Waals surface area contributed by atoms with Crippen LogP contribution in [0.4, 0.5) is 14.0 Å². The molecule has 0 bridgehead atoms. The van der Waals surface area contributed by atoms with E-state index in [9.17, 15) is 18.8 Å². The van der Waals surface area contributed by atoms with E-state index < -0.39 is 54.7 Å². The molecule has 3 aliphatic carbocycles. The van der Waals surface area contributed by atoms with Gasteiger partial charge in [-0.2, -0.15) is 0 Å². The molecule has 0 aromatic carbocycles. The van der Waals surface area contributed by atoms with Crippen molar-refractivity contribution in [3.05, 3.63) is 0 Å². The minimum Gasteiger partial charge on any atom is -0.450 e. The van der Waals surface area contributed by atoms with Crippen LogP contribution in [-0.2, 0) is 23.7 Å². The van der Waals surface area contributed by atoms with Crippen LogP contribution >= 0.6 is 0 Å². The van der Waals surface area contributed by atoms with Crippen molar-refractivity contribution in [2.75, 3.05) is 6.79 Å². The number of hydrogen-bond donors (Lipinski definition) is 2. The molecule has 0 heterocycles. The Morgan fingerprint density at radius 1 is 1.20 bits per heavy atom. The molecule has 170 valence electrons. The van der Waals surface area contributed by atoms with E-state index in [0.29, 0.717) is 11.8 Å². The number of nitrogens with two attached hydrogens (primary N) is 1. The molecule has 0 aliphatic heterocycles. The maximum absolute atomic E-state index is 14.0. The van der Waals surface area contributed by atoms with Gasteiger partial charge in [0.1, 0.15) is 6.10 Å². The molecule has 3 N–H and O–H groups in total. The zero-order valence-corrected chi connectivity index (χ0v) is 17.4. The highest BCUT2D eigenvalue weighted by atomic mass is 19.1. The quantitative estimate of drug-likeness (QED) is 0.369. The van der Waals surface area contributed by atoms with Gasteiger partial charge in [0.15, 0.2) is 6.17 Å². The summed E-state index contributed by atoms with van der Waals surface area (Å²) in [6, 6.07) is 0. The third kappa shape index (κ3) is 4.48. The van der Waals surface area contributed by atoms with Gasteiger partial charge in [0.25, 0.3) is 0 Å². The van der Waals surface area contributed by atoms with Gasteiger partial charge in [-0.3, -0.25) is 10.5 Å². The van der Waals surface area contributed by atoms with Gasteiger partial charge in [0.05, 0.1) is 5.92 Å². The van der Waals surface area contributed by atoms with Crippen molar-refractivity contribution in [2.24, 2.45) is 41.2 Å². The standard InChI is InChI=1S/C20H30FNO8/c1-9(2)11-5-4-10(3)6-13(11)29-19(26)28-8-27-17(23)15-12-7-14(21)20(22,16(12)15)30-18(24)25/h9-16H,4-8,22H2,1-3H3,(H,24,25)/t10-,11+,12+,13-,14+,15+,16+,20-/m1/s1. The third-order valence-corrected chi connectivity index (χ3v) is 6.78. The van der Waals surface area contributed by atoms with Gasteiger partial charge in [0.2, 0.25) is 12.5 Å². The molecular weight excluding hydrogens is 401 g/mol. The minimum atomic E-state index is -2.07. The molecule has 0 radical (unpaired) electrons. The number of fused-ring (bicyclic) bond motifs is 1. The molecule has 8 atom stereocenters. The molecule has 10 heteroatoms. The predicted octanol–water partition coefficient (Wildman–Crippen LogP) is 3.05. The lowest BCUT2D eigenvalue weighted by Crippen LogP contribution is -2.53. The maximum Gasteiger partial charge on any atom is 0.511 e. The highest BCUT2D eigenvalue weighted by Gasteiger charge is 2.74. The molecule has 0 amide bonds.